The van der Waals surface area contributed by atoms with Gasteiger partial charge in [-0.3, -0.25) is 4.79 Å². The molecule has 0 aliphatic heterocycles. The zero-order valence-electron chi connectivity index (χ0n) is 9.22. The molecule has 0 spiro atoms. The Kier molecular flexibility index (Phi) is 6.09. The number of Topliss-reactive ketones (excluding diaryl/α,β-unsaturated/α-hetero) is 1. The number of alkyl halides is 1. The molecular weight excluding hydrogens is 227 g/mol. The van der Waals surface area contributed by atoms with Gasteiger partial charge in [0, 0.05) is 12.3 Å². The average molecular weight is 243 g/mol. The van der Waals surface area contributed by atoms with E-state index in [9.17, 15) is 9.18 Å². The minimum atomic E-state index is -0.423. The number of benzene rings is 1. The van der Waals surface area contributed by atoms with Gasteiger partial charge in [-0.2, -0.15) is 0 Å². The van der Waals surface area contributed by atoms with Crippen LogP contribution >= 0.6 is 11.6 Å². The number of unbranched alkanes of at least 4 members (excludes halogenated alkanes) is 3. The van der Waals surface area contributed by atoms with Crippen LogP contribution in [0.15, 0.2) is 24.3 Å². The van der Waals surface area contributed by atoms with Crippen LogP contribution in [0.2, 0.25) is 0 Å². The number of rotatable bonds is 7. The van der Waals surface area contributed by atoms with Crippen LogP contribution in [0.5, 0.6) is 0 Å². The van der Waals surface area contributed by atoms with E-state index in [4.69, 9.17) is 11.6 Å². The first kappa shape index (κ1) is 13.2. The molecule has 1 nitrogen and oxygen atoms in total. The highest BCUT2D eigenvalue weighted by molar-refractivity contribution is 6.17. The summed E-state index contributed by atoms with van der Waals surface area (Å²) in [4.78, 5) is 11.6. The summed E-state index contributed by atoms with van der Waals surface area (Å²) in [5.74, 6) is 0.138. The van der Waals surface area contributed by atoms with Gasteiger partial charge in [-0.25, -0.2) is 4.39 Å². The van der Waals surface area contributed by atoms with Crippen molar-refractivity contribution in [1.82, 2.24) is 0 Å². The van der Waals surface area contributed by atoms with Crippen molar-refractivity contribution >= 4 is 17.4 Å². The fourth-order valence-corrected chi connectivity index (χ4v) is 1.74. The Balaban J connectivity index is 2.33. The van der Waals surface area contributed by atoms with E-state index in [1.807, 2.05) is 0 Å². The summed E-state index contributed by atoms with van der Waals surface area (Å²) in [5, 5.41) is 0. The Morgan fingerprint density at radius 2 is 1.81 bits per heavy atom. The Bertz CT molecular complexity index is 338. The van der Waals surface area contributed by atoms with Crippen LogP contribution in [0.25, 0.3) is 0 Å². The van der Waals surface area contributed by atoms with Gasteiger partial charge < -0.3 is 0 Å². The second-order valence-corrected chi connectivity index (χ2v) is 4.13. The molecule has 0 aromatic heterocycles. The van der Waals surface area contributed by atoms with Gasteiger partial charge in [0.25, 0.3) is 0 Å². The molecule has 0 aliphatic rings. The van der Waals surface area contributed by atoms with Crippen LogP contribution in [-0.4, -0.2) is 11.7 Å². The minimum absolute atomic E-state index is 0.107. The Hall–Kier alpha value is -0.890. The third kappa shape index (κ3) is 4.31. The molecule has 0 radical (unpaired) electrons. The molecule has 1 aromatic rings. The number of carbonyl (C=O) groups excluding carboxylic acids is 1. The number of hydrogen-bond acceptors (Lipinski definition) is 1. The van der Waals surface area contributed by atoms with Gasteiger partial charge in [0.15, 0.2) is 5.78 Å². The molecule has 0 fully saturated rings. The fourth-order valence-electron chi connectivity index (χ4n) is 1.56. The summed E-state index contributed by atoms with van der Waals surface area (Å²) >= 11 is 5.54. The smallest absolute Gasteiger partial charge is 0.165 e. The lowest BCUT2D eigenvalue weighted by atomic mass is 10.0. The molecule has 0 saturated heterocycles. The lowest BCUT2D eigenvalue weighted by Crippen LogP contribution is -2.01. The predicted octanol–water partition coefficient (Wildman–Crippen LogP) is 4.20. The monoisotopic (exact) mass is 242 g/mol. The van der Waals surface area contributed by atoms with Gasteiger partial charge in [0.1, 0.15) is 5.82 Å². The zero-order valence-corrected chi connectivity index (χ0v) is 9.97. The average Bonchev–Trinajstić information content (AvgIpc) is 2.29. The van der Waals surface area contributed by atoms with Gasteiger partial charge in [-0.05, 0) is 25.0 Å². The highest BCUT2D eigenvalue weighted by Crippen LogP contribution is 2.12. The highest BCUT2D eigenvalue weighted by atomic mass is 35.5. The molecule has 0 bridgehead atoms. The number of carbonyl (C=O) groups is 1. The Labute approximate surface area is 101 Å². The molecule has 16 heavy (non-hydrogen) atoms. The van der Waals surface area contributed by atoms with E-state index in [0.29, 0.717) is 12.3 Å². The fraction of sp³-hybridized carbons (Fsp3) is 0.462. The standard InChI is InChI=1S/C13H16ClFO/c14-10-6-2-1-3-9-13(16)11-7-4-5-8-12(11)15/h4-5,7-8H,1-3,6,9-10H2. The quantitative estimate of drug-likeness (QED) is 0.398. The van der Waals surface area contributed by atoms with Crippen LogP contribution < -0.4 is 0 Å². The van der Waals surface area contributed by atoms with Crippen molar-refractivity contribution < 1.29 is 9.18 Å². The Morgan fingerprint density at radius 3 is 2.50 bits per heavy atom. The summed E-state index contributed by atoms with van der Waals surface area (Å²) in [7, 11) is 0. The Morgan fingerprint density at radius 1 is 1.12 bits per heavy atom. The van der Waals surface area contributed by atoms with Crippen LogP contribution in [0.3, 0.4) is 0 Å². The summed E-state index contributed by atoms with van der Waals surface area (Å²) in [5.41, 5.74) is 0.208. The number of halogens is 2. The van der Waals surface area contributed by atoms with Crippen molar-refractivity contribution in [2.45, 2.75) is 32.1 Å². The number of ketones is 1. The van der Waals surface area contributed by atoms with Gasteiger partial charge >= 0.3 is 0 Å². The first-order chi connectivity index (χ1) is 7.75. The van der Waals surface area contributed by atoms with Gasteiger partial charge in [-0.15, -0.1) is 11.6 Å². The molecule has 1 aromatic carbocycles. The van der Waals surface area contributed by atoms with Crippen LogP contribution in [0.1, 0.15) is 42.5 Å². The topological polar surface area (TPSA) is 17.1 Å². The summed E-state index contributed by atoms with van der Waals surface area (Å²) in [6.45, 7) is 0. The van der Waals surface area contributed by atoms with Crippen LogP contribution in [0.4, 0.5) is 4.39 Å². The van der Waals surface area contributed by atoms with E-state index in [2.05, 4.69) is 0 Å². The summed E-state index contributed by atoms with van der Waals surface area (Å²) in [6.07, 6.45) is 4.23. The molecule has 0 unspecified atom stereocenters. The third-order valence-electron chi connectivity index (χ3n) is 2.46. The summed E-state index contributed by atoms with van der Waals surface area (Å²) < 4.78 is 13.2. The van der Waals surface area contributed by atoms with Gasteiger partial charge in [0.2, 0.25) is 0 Å². The number of hydrogen-bond donors (Lipinski definition) is 0. The SMILES string of the molecule is O=C(CCCCCCCl)c1ccccc1F. The molecular formula is C13H16ClFO. The second kappa shape index (κ2) is 7.39. The first-order valence-electron chi connectivity index (χ1n) is 5.59. The highest BCUT2D eigenvalue weighted by Gasteiger charge is 2.09. The normalized spacial score (nSPS) is 10.4. The molecule has 0 atom stereocenters. The van der Waals surface area contributed by atoms with Crippen molar-refractivity contribution in [2.24, 2.45) is 0 Å². The van der Waals surface area contributed by atoms with Crippen LogP contribution in [0, 0.1) is 5.82 Å². The zero-order chi connectivity index (χ0) is 11.8. The van der Waals surface area contributed by atoms with Gasteiger partial charge in [-0.1, -0.05) is 25.0 Å². The predicted molar refractivity (Wildman–Crippen MR) is 64.5 cm³/mol. The van der Waals surface area contributed by atoms with E-state index in [0.717, 1.165) is 25.7 Å². The third-order valence-corrected chi connectivity index (χ3v) is 2.73. The van der Waals surface area contributed by atoms with Crippen molar-refractivity contribution in [3.8, 4) is 0 Å². The molecule has 0 amide bonds. The molecule has 0 heterocycles. The molecule has 0 aliphatic carbocycles. The molecule has 0 saturated carbocycles. The van der Waals surface area contributed by atoms with Crippen LogP contribution in [-0.2, 0) is 0 Å². The molecule has 1 rings (SSSR count). The first-order valence-corrected chi connectivity index (χ1v) is 6.13. The maximum absolute atomic E-state index is 13.2. The van der Waals surface area contributed by atoms with Crippen molar-refractivity contribution in [1.29, 1.82) is 0 Å². The van der Waals surface area contributed by atoms with E-state index in [1.54, 1.807) is 12.1 Å². The van der Waals surface area contributed by atoms with Gasteiger partial charge in [0.05, 0.1) is 5.56 Å². The van der Waals surface area contributed by atoms with Crippen molar-refractivity contribution in [3.63, 3.8) is 0 Å². The van der Waals surface area contributed by atoms with E-state index >= 15 is 0 Å². The minimum Gasteiger partial charge on any atom is -0.294 e. The van der Waals surface area contributed by atoms with E-state index < -0.39 is 5.82 Å². The van der Waals surface area contributed by atoms with E-state index in [1.165, 1.54) is 12.1 Å². The van der Waals surface area contributed by atoms with E-state index in [-0.39, 0.29) is 11.3 Å². The maximum Gasteiger partial charge on any atom is 0.165 e. The largest absolute Gasteiger partial charge is 0.294 e. The molecule has 0 N–H and O–H groups in total. The second-order valence-electron chi connectivity index (χ2n) is 3.76. The maximum atomic E-state index is 13.2. The summed E-state index contributed by atoms with van der Waals surface area (Å²) in [6, 6.07) is 6.13. The molecule has 3 heteroatoms. The van der Waals surface area contributed by atoms with Crippen molar-refractivity contribution in [3.05, 3.63) is 35.6 Å². The lowest BCUT2D eigenvalue weighted by molar-refractivity contribution is 0.0975. The lowest BCUT2D eigenvalue weighted by Gasteiger charge is -2.02. The molecule has 88 valence electrons. The van der Waals surface area contributed by atoms with Crippen molar-refractivity contribution in [2.75, 3.05) is 5.88 Å².